The van der Waals surface area contributed by atoms with Gasteiger partial charge in [0.25, 0.3) is 5.91 Å². The van der Waals surface area contributed by atoms with Crippen molar-refractivity contribution in [2.24, 2.45) is 0 Å². The Kier molecular flexibility index (Phi) is 5.78. The highest BCUT2D eigenvalue weighted by atomic mass is 16.5. The Balaban J connectivity index is 1.35. The predicted octanol–water partition coefficient (Wildman–Crippen LogP) is 3.09. The van der Waals surface area contributed by atoms with Crippen LogP contribution in [0.25, 0.3) is 0 Å². The summed E-state index contributed by atoms with van der Waals surface area (Å²) >= 11 is 0. The zero-order valence-electron chi connectivity index (χ0n) is 18.8. The fourth-order valence-electron chi connectivity index (χ4n) is 4.28. The number of carbonyl (C=O) groups excluding carboxylic acids is 1. The average molecular weight is 457 g/mol. The van der Waals surface area contributed by atoms with Gasteiger partial charge >= 0.3 is 0 Å². The molecule has 5 rings (SSSR count). The summed E-state index contributed by atoms with van der Waals surface area (Å²) in [6, 6.07) is 16.1. The average Bonchev–Trinajstić information content (AvgIpc) is 3.25. The van der Waals surface area contributed by atoms with E-state index in [0.29, 0.717) is 18.8 Å². The summed E-state index contributed by atoms with van der Waals surface area (Å²) in [6.45, 7) is 2.73. The molecule has 1 fully saturated rings. The number of likely N-dealkylation sites (tertiary alicyclic amines) is 1. The molecule has 8 nitrogen and oxygen atoms in total. The molecule has 0 bridgehead atoms. The molecule has 3 heterocycles. The fraction of sp³-hybridized carbons (Fsp3) is 0.269. The lowest BCUT2D eigenvalue weighted by atomic mass is 10.1. The van der Waals surface area contributed by atoms with Gasteiger partial charge in [0.05, 0.1) is 17.3 Å². The predicted molar refractivity (Wildman–Crippen MR) is 123 cm³/mol. The highest BCUT2D eigenvalue weighted by Crippen LogP contribution is 2.35. The number of fused-ring (bicyclic) bond motifs is 1. The molecule has 0 unspecified atom stereocenters. The maximum absolute atomic E-state index is 13.5. The van der Waals surface area contributed by atoms with Gasteiger partial charge in [0.2, 0.25) is 0 Å². The number of aromatic nitrogens is 1. The standard InChI is InChI=1S/C26H24N4O4/c1-29-14-22(15-29)34-21-6-5-18-12-30(13-19(18)10-21)26(32)25-23(31)8-17(11-27)9-24(25)33-16-20-4-2-3-7-28-20/h2-10,22,31H,12-16H2,1H3. The molecule has 1 amide bonds. The second-order valence-electron chi connectivity index (χ2n) is 8.64. The molecule has 0 saturated carbocycles. The third-order valence-electron chi connectivity index (χ3n) is 6.05. The van der Waals surface area contributed by atoms with Crippen LogP contribution in [0.15, 0.2) is 54.7 Å². The molecule has 2 aliphatic rings. The fourth-order valence-corrected chi connectivity index (χ4v) is 4.28. The van der Waals surface area contributed by atoms with E-state index >= 15 is 0 Å². The van der Waals surface area contributed by atoms with Crippen LogP contribution in [-0.2, 0) is 19.7 Å². The lowest BCUT2D eigenvalue weighted by molar-refractivity contribution is 0.0387. The minimum absolute atomic E-state index is 0.0386. The van der Waals surface area contributed by atoms with Gasteiger partial charge in [-0.2, -0.15) is 5.26 Å². The van der Waals surface area contributed by atoms with Crippen molar-refractivity contribution in [2.75, 3.05) is 20.1 Å². The highest BCUT2D eigenvalue weighted by Gasteiger charge is 2.30. The van der Waals surface area contributed by atoms with Gasteiger partial charge in [0.1, 0.15) is 35.5 Å². The molecular weight excluding hydrogens is 432 g/mol. The van der Waals surface area contributed by atoms with Crippen LogP contribution in [0, 0.1) is 11.3 Å². The van der Waals surface area contributed by atoms with E-state index in [9.17, 15) is 15.2 Å². The SMILES string of the molecule is CN1CC(Oc2ccc3c(c2)CN(C(=O)c2c(O)cc(C#N)cc2OCc2ccccn2)C3)C1. The molecule has 1 N–H and O–H groups in total. The van der Waals surface area contributed by atoms with E-state index in [1.807, 2.05) is 30.3 Å². The number of carbonyl (C=O) groups is 1. The quantitative estimate of drug-likeness (QED) is 0.609. The number of pyridine rings is 1. The molecule has 2 aliphatic heterocycles. The van der Waals surface area contributed by atoms with Crippen LogP contribution in [0.3, 0.4) is 0 Å². The first-order valence-corrected chi connectivity index (χ1v) is 11.1. The summed E-state index contributed by atoms with van der Waals surface area (Å²) in [5.74, 6) is 0.305. The largest absolute Gasteiger partial charge is 0.507 e. The Hall–Kier alpha value is -4.09. The van der Waals surface area contributed by atoms with E-state index in [4.69, 9.17) is 9.47 Å². The van der Waals surface area contributed by atoms with Gasteiger partial charge in [-0.05, 0) is 54.6 Å². The molecule has 172 valence electrons. The molecule has 8 heteroatoms. The molecule has 3 aromatic rings. The number of likely N-dealkylation sites (N-methyl/N-ethyl adjacent to an activating group) is 1. The number of aromatic hydroxyl groups is 1. The van der Waals surface area contributed by atoms with E-state index in [1.165, 1.54) is 12.1 Å². The number of hydrogen-bond donors (Lipinski definition) is 1. The molecule has 2 aromatic carbocycles. The van der Waals surface area contributed by atoms with Crippen LogP contribution < -0.4 is 9.47 Å². The Morgan fingerprint density at radius 1 is 1.18 bits per heavy atom. The van der Waals surface area contributed by atoms with Gasteiger partial charge < -0.3 is 19.5 Å². The molecule has 0 aliphatic carbocycles. The molecule has 34 heavy (non-hydrogen) atoms. The van der Waals surface area contributed by atoms with Gasteiger partial charge in [-0.3, -0.25) is 14.7 Å². The maximum Gasteiger partial charge on any atom is 0.262 e. The third-order valence-corrected chi connectivity index (χ3v) is 6.05. The van der Waals surface area contributed by atoms with Gasteiger partial charge in [-0.25, -0.2) is 0 Å². The Morgan fingerprint density at radius 2 is 2.00 bits per heavy atom. The third kappa shape index (κ3) is 4.38. The monoisotopic (exact) mass is 456 g/mol. The maximum atomic E-state index is 13.5. The first kappa shape index (κ1) is 21.7. The first-order chi connectivity index (χ1) is 16.5. The van der Waals surface area contributed by atoms with Gasteiger partial charge in [0.15, 0.2) is 0 Å². The zero-order valence-corrected chi connectivity index (χ0v) is 18.8. The van der Waals surface area contributed by atoms with Crippen molar-refractivity contribution in [3.63, 3.8) is 0 Å². The van der Waals surface area contributed by atoms with E-state index < -0.39 is 0 Å². The molecule has 1 saturated heterocycles. The van der Waals surface area contributed by atoms with Crippen molar-refractivity contribution in [3.8, 4) is 23.3 Å². The Labute approximate surface area is 197 Å². The minimum Gasteiger partial charge on any atom is -0.507 e. The van der Waals surface area contributed by atoms with E-state index in [0.717, 1.165) is 30.0 Å². The minimum atomic E-state index is -0.364. The van der Waals surface area contributed by atoms with Crippen molar-refractivity contribution in [1.29, 1.82) is 5.26 Å². The van der Waals surface area contributed by atoms with Crippen LogP contribution in [0.4, 0.5) is 0 Å². The zero-order chi connectivity index (χ0) is 23.7. The van der Waals surface area contributed by atoms with Crippen molar-refractivity contribution in [1.82, 2.24) is 14.8 Å². The Bertz CT molecular complexity index is 1270. The number of phenols is 1. The van der Waals surface area contributed by atoms with E-state index in [1.54, 1.807) is 23.2 Å². The van der Waals surface area contributed by atoms with Crippen LogP contribution in [0.1, 0.15) is 32.7 Å². The van der Waals surface area contributed by atoms with Crippen LogP contribution in [0.5, 0.6) is 17.2 Å². The highest BCUT2D eigenvalue weighted by molar-refractivity contribution is 6.00. The molecular formula is C26H24N4O4. The summed E-state index contributed by atoms with van der Waals surface area (Å²) in [4.78, 5) is 21.5. The second kappa shape index (κ2) is 9.04. The number of nitriles is 1. The molecule has 0 radical (unpaired) electrons. The van der Waals surface area contributed by atoms with Crippen molar-refractivity contribution >= 4 is 5.91 Å². The van der Waals surface area contributed by atoms with E-state index in [-0.39, 0.29) is 41.2 Å². The summed E-state index contributed by atoms with van der Waals surface area (Å²) in [6.07, 6.45) is 1.84. The normalized spacial score (nSPS) is 15.4. The summed E-state index contributed by atoms with van der Waals surface area (Å²) in [5, 5.41) is 19.9. The van der Waals surface area contributed by atoms with Crippen LogP contribution in [0.2, 0.25) is 0 Å². The van der Waals surface area contributed by atoms with Crippen molar-refractivity contribution in [2.45, 2.75) is 25.8 Å². The summed E-state index contributed by atoms with van der Waals surface area (Å²) < 4.78 is 11.9. The summed E-state index contributed by atoms with van der Waals surface area (Å²) in [7, 11) is 2.05. The van der Waals surface area contributed by atoms with Crippen molar-refractivity contribution < 1.29 is 19.4 Å². The van der Waals surface area contributed by atoms with Gasteiger partial charge in [0, 0.05) is 32.4 Å². The molecule has 0 spiro atoms. The molecule has 1 aromatic heterocycles. The smallest absolute Gasteiger partial charge is 0.262 e. The lowest BCUT2D eigenvalue weighted by Crippen LogP contribution is -2.51. The second-order valence-corrected chi connectivity index (χ2v) is 8.64. The number of phenolic OH excluding ortho intramolecular Hbond substituents is 1. The number of ether oxygens (including phenoxy) is 2. The summed E-state index contributed by atoms with van der Waals surface area (Å²) in [5.41, 5.74) is 2.97. The van der Waals surface area contributed by atoms with Crippen LogP contribution in [-0.4, -0.2) is 52.0 Å². The topological polar surface area (TPSA) is 98.9 Å². The number of hydrogen-bond acceptors (Lipinski definition) is 7. The Morgan fingerprint density at radius 3 is 2.74 bits per heavy atom. The number of nitrogens with zero attached hydrogens (tertiary/aromatic N) is 4. The van der Waals surface area contributed by atoms with Crippen LogP contribution >= 0.6 is 0 Å². The van der Waals surface area contributed by atoms with Gasteiger partial charge in [-0.15, -0.1) is 0 Å². The number of rotatable bonds is 6. The van der Waals surface area contributed by atoms with Crippen molar-refractivity contribution in [3.05, 3.63) is 82.7 Å². The number of amides is 1. The van der Waals surface area contributed by atoms with Gasteiger partial charge in [-0.1, -0.05) is 12.1 Å². The first-order valence-electron chi connectivity index (χ1n) is 11.1. The molecule has 0 atom stereocenters. The van der Waals surface area contributed by atoms with E-state index in [2.05, 4.69) is 16.9 Å². The lowest BCUT2D eigenvalue weighted by Gasteiger charge is -2.36. The number of benzene rings is 2.